The van der Waals surface area contributed by atoms with Crippen LogP contribution in [-0.2, 0) is 14.8 Å². The molecule has 1 N–H and O–H groups in total. The number of hydrogen-bond donors (Lipinski definition) is 1. The van der Waals surface area contributed by atoms with Crippen molar-refractivity contribution >= 4 is 10.0 Å². The molecule has 0 radical (unpaired) electrons. The lowest BCUT2D eigenvalue weighted by molar-refractivity contribution is -0.0965. The number of ether oxygens (including phenoxy) is 1. The summed E-state index contributed by atoms with van der Waals surface area (Å²) >= 11 is 0. The predicted molar refractivity (Wildman–Crippen MR) is 107 cm³/mol. The highest BCUT2D eigenvalue weighted by molar-refractivity contribution is 7.89. The minimum Gasteiger partial charge on any atom is -0.442 e. The van der Waals surface area contributed by atoms with E-state index in [9.17, 15) is 8.42 Å². The van der Waals surface area contributed by atoms with Gasteiger partial charge in [-0.05, 0) is 36.0 Å². The highest BCUT2D eigenvalue weighted by Gasteiger charge is 2.64. The molecule has 0 spiro atoms. The second kappa shape index (κ2) is 6.66. The summed E-state index contributed by atoms with van der Waals surface area (Å²) in [6.45, 7) is 9.93. The van der Waals surface area contributed by atoms with Gasteiger partial charge in [0.25, 0.3) is 10.0 Å². The topological polar surface area (TPSA) is 91.7 Å². The van der Waals surface area contributed by atoms with Crippen LogP contribution in [0.1, 0.15) is 20.3 Å². The zero-order valence-electron chi connectivity index (χ0n) is 16.9. The van der Waals surface area contributed by atoms with Gasteiger partial charge in [-0.2, -0.15) is 9.40 Å². The maximum absolute atomic E-state index is 13.4. The molecule has 5 rings (SSSR count). The molecular weight excluding hydrogens is 392 g/mol. The summed E-state index contributed by atoms with van der Waals surface area (Å²) in [4.78, 5) is 2.44. The number of furan rings is 1. The molecule has 1 aliphatic carbocycles. The van der Waals surface area contributed by atoms with Crippen LogP contribution in [0.5, 0.6) is 0 Å². The molecule has 4 heterocycles. The smallest absolute Gasteiger partial charge is 0.276 e. The molecule has 3 fully saturated rings. The molecule has 0 aromatic carbocycles. The monoisotopic (exact) mass is 420 g/mol. The molecular formula is C20H28N4O4S. The van der Waals surface area contributed by atoms with Gasteiger partial charge < -0.3 is 9.15 Å². The molecule has 2 atom stereocenters. The van der Waals surface area contributed by atoms with Crippen molar-refractivity contribution in [3.05, 3.63) is 24.4 Å². The highest BCUT2D eigenvalue weighted by atomic mass is 32.2. The molecule has 2 saturated heterocycles. The van der Waals surface area contributed by atoms with Gasteiger partial charge in [-0.25, -0.2) is 8.42 Å². The normalized spacial score (nSPS) is 30.2. The van der Waals surface area contributed by atoms with Gasteiger partial charge in [0, 0.05) is 44.3 Å². The van der Waals surface area contributed by atoms with Crippen molar-refractivity contribution in [1.29, 1.82) is 0 Å². The molecule has 8 nitrogen and oxygen atoms in total. The van der Waals surface area contributed by atoms with Crippen molar-refractivity contribution in [3.63, 3.8) is 0 Å². The van der Waals surface area contributed by atoms with Crippen molar-refractivity contribution in [2.75, 3.05) is 45.9 Å². The molecule has 0 amide bonds. The van der Waals surface area contributed by atoms with Gasteiger partial charge in [0.15, 0.2) is 5.76 Å². The van der Waals surface area contributed by atoms with Gasteiger partial charge in [-0.15, -0.1) is 0 Å². The number of sulfonamides is 1. The molecule has 1 saturated carbocycles. The number of aromatic amines is 1. The van der Waals surface area contributed by atoms with Crippen molar-refractivity contribution in [2.45, 2.75) is 25.4 Å². The number of H-pyrrole nitrogens is 1. The zero-order chi connectivity index (χ0) is 20.3. The Bertz CT molecular complexity index is 978. The summed E-state index contributed by atoms with van der Waals surface area (Å²) in [6.07, 6.45) is 2.66. The van der Waals surface area contributed by atoms with Gasteiger partial charge in [0.2, 0.25) is 5.09 Å². The van der Waals surface area contributed by atoms with E-state index in [1.807, 2.05) is 0 Å². The molecule has 0 bridgehead atoms. The first-order valence-electron chi connectivity index (χ1n) is 10.2. The summed E-state index contributed by atoms with van der Waals surface area (Å²) in [6, 6.07) is 4.98. The number of fused-ring (bicyclic) bond motifs is 1. The van der Waals surface area contributed by atoms with Crippen molar-refractivity contribution < 1.29 is 17.6 Å². The fourth-order valence-corrected chi connectivity index (χ4v) is 7.27. The van der Waals surface area contributed by atoms with Gasteiger partial charge in [-0.3, -0.25) is 10.00 Å². The minimum absolute atomic E-state index is 0.00253. The quantitative estimate of drug-likeness (QED) is 0.796. The largest absolute Gasteiger partial charge is 0.442 e. The Balaban J connectivity index is 1.38. The van der Waals surface area contributed by atoms with Gasteiger partial charge in [0.05, 0.1) is 13.2 Å². The summed E-state index contributed by atoms with van der Waals surface area (Å²) in [5.74, 6) is 0.835. The van der Waals surface area contributed by atoms with E-state index >= 15 is 0 Å². The average Bonchev–Trinajstić information content (AvgIpc) is 3.41. The maximum Gasteiger partial charge on any atom is 0.276 e. The Hall–Kier alpha value is -1.68. The number of nitrogens with zero attached hydrogens (tertiary/aromatic N) is 3. The van der Waals surface area contributed by atoms with Crippen molar-refractivity contribution in [1.82, 2.24) is 19.4 Å². The average molecular weight is 421 g/mol. The van der Waals surface area contributed by atoms with E-state index in [0.29, 0.717) is 30.5 Å². The Labute approximate surface area is 171 Å². The van der Waals surface area contributed by atoms with Crippen LogP contribution in [0.4, 0.5) is 0 Å². The van der Waals surface area contributed by atoms with Crippen LogP contribution < -0.4 is 0 Å². The number of aromatic nitrogens is 2. The third kappa shape index (κ3) is 3.15. The minimum atomic E-state index is -3.67. The number of morpholine rings is 1. The lowest BCUT2D eigenvalue weighted by Crippen LogP contribution is -2.59. The Morgan fingerprint density at radius 1 is 1.24 bits per heavy atom. The molecule has 29 heavy (non-hydrogen) atoms. The van der Waals surface area contributed by atoms with Crippen LogP contribution in [-0.4, -0.2) is 73.8 Å². The molecule has 0 unspecified atom stereocenters. The molecule has 2 aromatic heterocycles. The van der Waals surface area contributed by atoms with Gasteiger partial charge >= 0.3 is 0 Å². The summed E-state index contributed by atoms with van der Waals surface area (Å²) in [5, 5.41) is 6.71. The van der Waals surface area contributed by atoms with Crippen LogP contribution in [0.25, 0.3) is 11.5 Å². The zero-order valence-corrected chi connectivity index (χ0v) is 17.7. The fourth-order valence-electron chi connectivity index (χ4n) is 5.81. The number of rotatable bonds is 5. The van der Waals surface area contributed by atoms with Crippen LogP contribution in [0.15, 0.2) is 33.9 Å². The Kier molecular flexibility index (Phi) is 4.43. The Morgan fingerprint density at radius 2 is 2.03 bits per heavy atom. The van der Waals surface area contributed by atoms with Crippen LogP contribution >= 0.6 is 0 Å². The van der Waals surface area contributed by atoms with Gasteiger partial charge in [-0.1, -0.05) is 13.8 Å². The number of hydrogen-bond acceptors (Lipinski definition) is 6. The van der Waals surface area contributed by atoms with E-state index in [4.69, 9.17) is 9.15 Å². The number of nitrogens with one attached hydrogen (secondary N) is 1. The lowest BCUT2D eigenvalue weighted by atomic mass is 9.48. The molecule has 2 aliphatic heterocycles. The van der Waals surface area contributed by atoms with E-state index in [0.717, 1.165) is 39.3 Å². The molecule has 2 aromatic rings. The third-order valence-corrected chi connectivity index (χ3v) is 8.64. The third-order valence-electron chi connectivity index (χ3n) is 6.95. The van der Waals surface area contributed by atoms with Gasteiger partial charge in [0.1, 0.15) is 5.69 Å². The first kappa shape index (κ1) is 19.3. The van der Waals surface area contributed by atoms with E-state index in [1.54, 1.807) is 28.7 Å². The van der Waals surface area contributed by atoms with Crippen molar-refractivity contribution in [3.8, 4) is 11.5 Å². The van der Waals surface area contributed by atoms with Crippen molar-refractivity contribution in [2.24, 2.45) is 16.7 Å². The molecule has 9 heteroatoms. The highest BCUT2D eigenvalue weighted by Crippen LogP contribution is 2.63. The van der Waals surface area contributed by atoms with E-state index in [1.165, 1.54) is 0 Å². The summed E-state index contributed by atoms with van der Waals surface area (Å²) in [5.41, 5.74) is 0.839. The summed E-state index contributed by atoms with van der Waals surface area (Å²) in [7, 11) is -3.67. The Morgan fingerprint density at radius 3 is 2.72 bits per heavy atom. The van der Waals surface area contributed by atoms with Crippen LogP contribution in [0.3, 0.4) is 0 Å². The van der Waals surface area contributed by atoms with E-state index in [2.05, 4.69) is 28.9 Å². The fraction of sp³-hybridized carbons (Fsp3) is 0.650. The first-order valence-corrected chi connectivity index (χ1v) is 11.6. The lowest BCUT2D eigenvalue weighted by Gasteiger charge is -2.58. The van der Waals surface area contributed by atoms with E-state index < -0.39 is 10.0 Å². The standard InChI is InChI=1S/C20H28N4O4S/c1-19(2)12-20(13-23-7-9-27-10-8-23)14-24(11-17(19)20)29(25,26)18-4-3-16(28-18)15-5-6-21-22-15/h3-6,17H,7-14H2,1-2H3,(H,21,22)/t17-,20+/m1/s1. The van der Waals surface area contributed by atoms with Crippen LogP contribution in [0, 0.1) is 16.7 Å². The molecule has 158 valence electrons. The molecule has 3 aliphatic rings. The second-order valence-electron chi connectivity index (χ2n) is 9.36. The van der Waals surface area contributed by atoms with Crippen LogP contribution in [0.2, 0.25) is 0 Å². The predicted octanol–water partition coefficient (Wildman–Crippen LogP) is 2.04. The maximum atomic E-state index is 13.4. The van der Waals surface area contributed by atoms with E-state index in [-0.39, 0.29) is 15.9 Å². The SMILES string of the molecule is CC1(C)C[C@]2(CN3CCOCC3)CN(S(=O)(=O)c3ccc(-c4ccn[nH]4)o3)C[C@H]12. The first-order chi connectivity index (χ1) is 13.8. The second-order valence-corrected chi connectivity index (χ2v) is 11.2. The summed E-state index contributed by atoms with van der Waals surface area (Å²) < 4.78 is 39.5.